The van der Waals surface area contributed by atoms with Crippen LogP contribution in [0.3, 0.4) is 0 Å². The molecule has 1 aliphatic rings. The second-order valence-electron chi connectivity index (χ2n) is 4.48. The number of carbonyl (C=O) groups is 1. The van der Waals surface area contributed by atoms with Gasteiger partial charge in [0, 0.05) is 0 Å². The van der Waals surface area contributed by atoms with Gasteiger partial charge < -0.3 is 15.2 Å². The van der Waals surface area contributed by atoms with Crippen LogP contribution in [0.2, 0.25) is 0 Å². The number of rotatable bonds is 5. The molecule has 0 aliphatic heterocycles. The molecule has 0 heterocycles. The van der Waals surface area contributed by atoms with Gasteiger partial charge in [0.1, 0.15) is 11.5 Å². The summed E-state index contributed by atoms with van der Waals surface area (Å²) in [5, 5.41) is 12.5. The Morgan fingerprint density at radius 1 is 1.40 bits per heavy atom. The Balaban J connectivity index is 0.00000200. The van der Waals surface area contributed by atoms with Crippen molar-refractivity contribution in [1.29, 1.82) is 0 Å². The summed E-state index contributed by atoms with van der Waals surface area (Å²) >= 11 is 0. The van der Waals surface area contributed by atoms with E-state index in [1.54, 1.807) is 24.3 Å². The average molecular weight is 297 g/mol. The van der Waals surface area contributed by atoms with Crippen molar-refractivity contribution in [3.8, 4) is 5.75 Å². The number of benzene rings is 1. The number of carboxylic acids is 1. The van der Waals surface area contributed by atoms with Crippen LogP contribution in [-0.2, 0) is 4.79 Å². The third kappa shape index (κ3) is 5.81. The van der Waals surface area contributed by atoms with Gasteiger partial charge in [-0.15, -0.1) is 5.69 Å². The Kier molecular flexibility index (Phi) is 7.54. The van der Waals surface area contributed by atoms with E-state index in [0.29, 0.717) is 11.6 Å². The maximum atomic E-state index is 10.4. The molecule has 0 radical (unpaired) electrons. The van der Waals surface area contributed by atoms with Crippen molar-refractivity contribution in [3.05, 3.63) is 53.6 Å². The van der Waals surface area contributed by atoms with Crippen LogP contribution >= 0.6 is 0 Å². The molecule has 1 aliphatic carbocycles. The van der Waals surface area contributed by atoms with Gasteiger partial charge in [-0.3, -0.25) is 4.79 Å². The molecule has 1 aromatic rings. The number of hydrogen-bond acceptors (Lipinski definition) is 2. The molecule has 100 valence electrons. The minimum Gasteiger partial charge on any atom is -0.675 e. The minimum atomic E-state index is -0.938. The van der Waals surface area contributed by atoms with Crippen LogP contribution in [0.15, 0.2) is 48.3 Å². The summed E-state index contributed by atoms with van der Waals surface area (Å²) in [5.41, 5.74) is 0.636. The zero-order chi connectivity index (χ0) is 13.7. The molecule has 4 nitrogen and oxygen atoms in total. The molecule has 1 atom stereocenters. The number of ether oxygens (including phenoxy) is 1. The van der Waals surface area contributed by atoms with Crippen LogP contribution in [0.25, 0.3) is 5.32 Å². The average Bonchev–Trinajstić information content (AvgIpc) is 2.40. The molecule has 0 aromatic heterocycles. The smallest absolute Gasteiger partial charge is 0.675 e. The van der Waals surface area contributed by atoms with Crippen molar-refractivity contribution in [2.75, 3.05) is 6.54 Å². The van der Waals surface area contributed by atoms with E-state index in [-0.39, 0.29) is 57.9 Å². The van der Waals surface area contributed by atoms with Gasteiger partial charge in [0.2, 0.25) is 0 Å². The summed E-state index contributed by atoms with van der Waals surface area (Å²) < 4.78 is 5.70. The minimum absolute atomic E-state index is 0. The van der Waals surface area contributed by atoms with Gasteiger partial charge in [0.05, 0.1) is 0 Å². The van der Waals surface area contributed by atoms with Gasteiger partial charge in [-0.25, -0.2) is 0 Å². The van der Waals surface area contributed by atoms with E-state index in [2.05, 4.69) is 24.4 Å². The van der Waals surface area contributed by atoms with E-state index in [1.165, 1.54) is 0 Å². The first-order chi connectivity index (χ1) is 9.13. The van der Waals surface area contributed by atoms with Crippen LogP contribution in [0.4, 0.5) is 5.69 Å². The van der Waals surface area contributed by atoms with Gasteiger partial charge in [0.15, 0.2) is 0 Å². The number of allylic oxidation sites excluding steroid dienone is 3. The van der Waals surface area contributed by atoms with E-state index in [0.717, 1.165) is 17.9 Å². The van der Waals surface area contributed by atoms with Crippen LogP contribution in [-0.4, -0.2) is 17.6 Å². The molecule has 2 rings (SSSR count). The SMILES string of the molecule is CC1C=CC(Oc2ccc([N-]CC(=O)O)cc2)=CC1.[K+]. The molecule has 5 heteroatoms. The summed E-state index contributed by atoms with van der Waals surface area (Å²) in [6.07, 6.45) is 7.13. The van der Waals surface area contributed by atoms with E-state index in [4.69, 9.17) is 9.84 Å². The summed E-state index contributed by atoms with van der Waals surface area (Å²) in [5.74, 6) is 1.18. The maximum absolute atomic E-state index is 10.4. The molecule has 1 aromatic carbocycles. The maximum Gasteiger partial charge on any atom is 1.00 e. The van der Waals surface area contributed by atoms with Crippen LogP contribution in [0, 0.1) is 5.92 Å². The Bertz CT molecular complexity index is 508. The van der Waals surface area contributed by atoms with Crippen LogP contribution in [0.1, 0.15) is 13.3 Å². The van der Waals surface area contributed by atoms with Crippen molar-refractivity contribution in [1.82, 2.24) is 0 Å². The number of hydrogen-bond donors (Lipinski definition) is 1. The molecule has 1 N–H and O–H groups in total. The second kappa shape index (κ2) is 8.64. The van der Waals surface area contributed by atoms with Crippen LogP contribution in [0.5, 0.6) is 5.75 Å². The molecule has 1 unspecified atom stereocenters. The van der Waals surface area contributed by atoms with Gasteiger partial charge in [-0.1, -0.05) is 25.1 Å². The molecule has 0 saturated heterocycles. The third-order valence-electron chi connectivity index (χ3n) is 2.75. The monoisotopic (exact) mass is 297 g/mol. The van der Waals surface area contributed by atoms with E-state index in [1.807, 2.05) is 6.08 Å². The van der Waals surface area contributed by atoms with E-state index >= 15 is 0 Å². The van der Waals surface area contributed by atoms with E-state index < -0.39 is 5.97 Å². The molecule has 0 bridgehead atoms. The molecular formula is C15H16KNO3. The largest absolute Gasteiger partial charge is 1.00 e. The second-order valence-corrected chi connectivity index (χ2v) is 4.48. The quantitative estimate of drug-likeness (QED) is 0.811. The predicted molar refractivity (Wildman–Crippen MR) is 73.6 cm³/mol. The van der Waals surface area contributed by atoms with Gasteiger partial charge >= 0.3 is 51.4 Å². The Hall–Kier alpha value is -0.594. The number of nitrogens with zero attached hydrogens (tertiary/aromatic N) is 1. The third-order valence-corrected chi connectivity index (χ3v) is 2.75. The molecule has 0 amide bonds. The first-order valence-electron chi connectivity index (χ1n) is 6.19. The van der Waals surface area contributed by atoms with Crippen molar-refractivity contribution in [2.24, 2.45) is 5.92 Å². The Morgan fingerprint density at radius 3 is 2.65 bits per heavy atom. The fourth-order valence-corrected chi connectivity index (χ4v) is 1.70. The van der Waals surface area contributed by atoms with Gasteiger partial charge in [-0.2, -0.15) is 0 Å². The summed E-state index contributed by atoms with van der Waals surface area (Å²) in [6, 6.07) is 7.06. The standard InChI is InChI=1S/C15H16NO3.K/c1-11-2-6-13(7-3-11)19-14-8-4-12(5-9-14)16-10-15(17)18;/h2,4-9,11H,3,10H2,1H3,(H,17,18);/q-1;+1. The predicted octanol–water partition coefficient (Wildman–Crippen LogP) is 0.639. The zero-order valence-electron chi connectivity index (χ0n) is 11.7. The molecule has 0 fully saturated rings. The number of carboxylic acid groups (broad SMARTS) is 1. The Labute approximate surface area is 161 Å². The summed E-state index contributed by atoms with van der Waals surface area (Å²) in [4.78, 5) is 10.4. The normalized spacial score (nSPS) is 16.9. The molecule has 20 heavy (non-hydrogen) atoms. The topological polar surface area (TPSA) is 60.6 Å². The first kappa shape index (κ1) is 17.5. The molecule has 0 spiro atoms. The van der Waals surface area contributed by atoms with Crippen molar-refractivity contribution in [2.45, 2.75) is 13.3 Å². The fraction of sp³-hybridized carbons (Fsp3) is 0.267. The fourth-order valence-electron chi connectivity index (χ4n) is 1.70. The van der Waals surface area contributed by atoms with Gasteiger partial charge in [0.25, 0.3) is 5.97 Å². The summed E-state index contributed by atoms with van der Waals surface area (Å²) in [7, 11) is 0. The van der Waals surface area contributed by atoms with Crippen molar-refractivity contribution in [3.63, 3.8) is 0 Å². The van der Waals surface area contributed by atoms with Crippen molar-refractivity contribution < 1.29 is 66.0 Å². The number of aliphatic carboxylic acids is 1. The Morgan fingerprint density at radius 2 is 2.10 bits per heavy atom. The molecule has 0 saturated carbocycles. The first-order valence-corrected chi connectivity index (χ1v) is 6.19. The van der Waals surface area contributed by atoms with Crippen LogP contribution < -0.4 is 56.1 Å². The van der Waals surface area contributed by atoms with E-state index in [9.17, 15) is 4.79 Å². The van der Waals surface area contributed by atoms with Gasteiger partial charge in [-0.05, 0) is 43.2 Å². The summed E-state index contributed by atoms with van der Waals surface area (Å²) in [6.45, 7) is 1.94. The molecular weight excluding hydrogens is 281 g/mol. The zero-order valence-corrected chi connectivity index (χ0v) is 14.9. The van der Waals surface area contributed by atoms with Crippen molar-refractivity contribution >= 4 is 11.7 Å².